The summed E-state index contributed by atoms with van der Waals surface area (Å²) in [6, 6.07) is 4.32. The molecule has 6 heteroatoms. The van der Waals surface area contributed by atoms with E-state index >= 15 is 0 Å². The molecule has 0 saturated carbocycles. The van der Waals surface area contributed by atoms with Crippen molar-refractivity contribution in [3.8, 4) is 0 Å². The van der Waals surface area contributed by atoms with Crippen molar-refractivity contribution in [3.63, 3.8) is 0 Å². The van der Waals surface area contributed by atoms with Crippen molar-refractivity contribution in [2.24, 2.45) is 0 Å². The zero-order chi connectivity index (χ0) is 14.3. The van der Waals surface area contributed by atoms with Crippen LogP contribution in [0.2, 0.25) is 5.02 Å². The summed E-state index contributed by atoms with van der Waals surface area (Å²) in [6.07, 6.45) is -3.86. The van der Waals surface area contributed by atoms with Crippen LogP contribution in [0.1, 0.15) is 30.9 Å². The lowest BCUT2D eigenvalue weighted by Gasteiger charge is -2.35. The summed E-state index contributed by atoms with van der Waals surface area (Å²) in [5, 5.41) is 0.186. The molecule has 1 aromatic rings. The average Bonchev–Trinajstić information content (AvgIpc) is 2.27. The Morgan fingerprint density at radius 3 is 2.63 bits per heavy atom. The molecule has 1 atom stereocenters. The van der Waals surface area contributed by atoms with Crippen LogP contribution in [0.15, 0.2) is 18.2 Å². The van der Waals surface area contributed by atoms with Crippen LogP contribution in [0.3, 0.4) is 0 Å². The highest BCUT2D eigenvalue weighted by Crippen LogP contribution is 2.45. The summed E-state index contributed by atoms with van der Waals surface area (Å²) >= 11 is 5.78. The number of ether oxygens (including phenoxy) is 1. The van der Waals surface area contributed by atoms with Crippen LogP contribution in [0.5, 0.6) is 0 Å². The first kappa shape index (κ1) is 14.2. The Morgan fingerprint density at radius 1 is 1.32 bits per heavy atom. The van der Waals surface area contributed by atoms with Crippen LogP contribution in [-0.2, 0) is 21.6 Å². The Bertz CT molecular complexity index is 513. The van der Waals surface area contributed by atoms with E-state index in [-0.39, 0.29) is 17.0 Å². The Kier molecular flexibility index (Phi) is 3.51. The maximum absolute atomic E-state index is 13.3. The summed E-state index contributed by atoms with van der Waals surface area (Å²) < 4.78 is 44.6. The van der Waals surface area contributed by atoms with Crippen molar-refractivity contribution in [3.05, 3.63) is 34.3 Å². The molecule has 0 N–H and O–H groups in total. The largest absolute Gasteiger partial charge is 0.445 e. The van der Waals surface area contributed by atoms with Gasteiger partial charge in [0.2, 0.25) is 5.60 Å². The van der Waals surface area contributed by atoms with Gasteiger partial charge in [0.05, 0.1) is 0 Å². The Morgan fingerprint density at radius 2 is 2.00 bits per heavy atom. The van der Waals surface area contributed by atoms with Gasteiger partial charge in [-0.25, -0.2) is 0 Å². The summed E-state index contributed by atoms with van der Waals surface area (Å²) in [4.78, 5) is 11.4. The lowest BCUT2D eigenvalue weighted by Crippen LogP contribution is -2.45. The maximum Gasteiger partial charge on any atom is 0.432 e. The van der Waals surface area contributed by atoms with E-state index in [1.54, 1.807) is 12.1 Å². The first-order valence-corrected chi connectivity index (χ1v) is 6.19. The zero-order valence-corrected chi connectivity index (χ0v) is 10.9. The molecule has 104 valence electrons. The average molecular weight is 293 g/mol. The van der Waals surface area contributed by atoms with Gasteiger partial charge < -0.3 is 4.74 Å². The number of fused-ring (bicyclic) bond motifs is 1. The minimum atomic E-state index is -4.70. The topological polar surface area (TPSA) is 26.3 Å². The van der Waals surface area contributed by atoms with Gasteiger partial charge in [0.15, 0.2) is 0 Å². The molecular weight excluding hydrogens is 281 g/mol. The van der Waals surface area contributed by atoms with E-state index in [1.807, 2.05) is 0 Å². The first-order chi connectivity index (χ1) is 8.74. The molecule has 1 aromatic carbocycles. The molecule has 1 aliphatic heterocycles. The smallest absolute Gasteiger partial charge is 0.432 e. The molecule has 0 unspecified atom stereocenters. The molecule has 0 bridgehead atoms. The highest BCUT2D eigenvalue weighted by atomic mass is 35.5. The van der Waals surface area contributed by atoms with Gasteiger partial charge in [-0.1, -0.05) is 17.7 Å². The van der Waals surface area contributed by atoms with Gasteiger partial charge >= 0.3 is 12.1 Å². The number of hydrogen-bond donors (Lipinski definition) is 0. The van der Waals surface area contributed by atoms with E-state index in [1.165, 1.54) is 6.07 Å². The van der Waals surface area contributed by atoms with Crippen LogP contribution >= 0.6 is 11.6 Å². The predicted octanol–water partition coefficient (Wildman–Crippen LogP) is 4.00. The van der Waals surface area contributed by atoms with E-state index in [0.717, 1.165) is 6.92 Å². The number of carbonyl (C=O) groups excluding carboxylic acids is 1. The number of aryl methyl sites for hydroxylation is 1. The van der Waals surface area contributed by atoms with Gasteiger partial charge in [0, 0.05) is 17.0 Å². The fraction of sp³-hybridized carbons (Fsp3) is 0.462. The standard InChI is InChI=1S/C13H12ClF3O2/c1-12(13(15,16)17)10-7-9(14)6-5-8(10)3-2-4-11(18)19-12/h5-7H,2-4H2,1H3/t12-/m0/s1. The van der Waals surface area contributed by atoms with Crippen molar-refractivity contribution < 1.29 is 22.7 Å². The van der Waals surface area contributed by atoms with Gasteiger partial charge in [0.1, 0.15) is 0 Å². The van der Waals surface area contributed by atoms with Crippen molar-refractivity contribution >= 4 is 17.6 Å². The number of rotatable bonds is 0. The van der Waals surface area contributed by atoms with E-state index in [0.29, 0.717) is 18.4 Å². The maximum atomic E-state index is 13.3. The minimum absolute atomic E-state index is 0.0201. The van der Waals surface area contributed by atoms with Crippen LogP contribution < -0.4 is 0 Å². The molecule has 0 fully saturated rings. The fourth-order valence-electron chi connectivity index (χ4n) is 2.18. The molecule has 19 heavy (non-hydrogen) atoms. The molecule has 0 aliphatic carbocycles. The van der Waals surface area contributed by atoms with Crippen molar-refractivity contribution in [2.75, 3.05) is 0 Å². The summed E-state index contributed by atoms with van der Waals surface area (Å²) in [6.45, 7) is 0.866. The molecule has 0 aromatic heterocycles. The second-order valence-corrected chi connectivity index (χ2v) is 5.10. The van der Waals surface area contributed by atoms with Crippen LogP contribution in [0, 0.1) is 0 Å². The molecule has 0 radical (unpaired) electrons. The SMILES string of the molecule is C[C@]1(C(F)(F)F)OC(=O)CCCc2ccc(Cl)cc21. The van der Waals surface area contributed by atoms with Gasteiger partial charge in [-0.3, -0.25) is 4.79 Å². The first-order valence-electron chi connectivity index (χ1n) is 5.81. The van der Waals surface area contributed by atoms with Crippen molar-refractivity contribution in [1.82, 2.24) is 0 Å². The van der Waals surface area contributed by atoms with Gasteiger partial charge in [-0.15, -0.1) is 0 Å². The molecule has 1 heterocycles. The summed E-state index contributed by atoms with van der Waals surface area (Å²) in [5.41, 5.74) is -2.22. The molecule has 1 aliphatic rings. The Labute approximate surface area is 113 Å². The van der Waals surface area contributed by atoms with Crippen LogP contribution in [0.4, 0.5) is 13.2 Å². The van der Waals surface area contributed by atoms with Crippen LogP contribution in [-0.4, -0.2) is 12.1 Å². The summed E-state index contributed by atoms with van der Waals surface area (Å²) in [5.74, 6) is -0.842. The quantitative estimate of drug-likeness (QED) is 0.676. The number of cyclic esters (lactones) is 1. The van der Waals surface area contributed by atoms with Gasteiger partial charge in [0.25, 0.3) is 0 Å². The number of benzene rings is 1. The zero-order valence-electron chi connectivity index (χ0n) is 10.2. The van der Waals surface area contributed by atoms with Crippen molar-refractivity contribution in [1.29, 1.82) is 0 Å². The lowest BCUT2D eigenvalue weighted by molar-refractivity contribution is -0.270. The number of hydrogen-bond acceptors (Lipinski definition) is 2. The lowest BCUT2D eigenvalue weighted by atomic mass is 9.87. The number of carbonyl (C=O) groups is 1. The molecule has 0 amide bonds. The Hall–Kier alpha value is -1.23. The molecule has 0 saturated heterocycles. The normalized spacial score (nSPS) is 24.2. The minimum Gasteiger partial charge on any atom is -0.445 e. The number of esters is 1. The van der Waals surface area contributed by atoms with Crippen molar-refractivity contribution in [2.45, 2.75) is 38.0 Å². The second-order valence-electron chi connectivity index (χ2n) is 4.66. The second kappa shape index (κ2) is 4.71. The molecule has 2 nitrogen and oxygen atoms in total. The van der Waals surface area contributed by atoms with Crippen LogP contribution in [0.25, 0.3) is 0 Å². The third-order valence-electron chi connectivity index (χ3n) is 3.27. The van der Waals surface area contributed by atoms with Gasteiger partial charge in [-0.05, 0) is 37.5 Å². The highest BCUT2D eigenvalue weighted by molar-refractivity contribution is 6.30. The molecular formula is C13H12ClF3O2. The third-order valence-corrected chi connectivity index (χ3v) is 3.51. The monoisotopic (exact) mass is 292 g/mol. The van der Waals surface area contributed by atoms with Gasteiger partial charge in [-0.2, -0.15) is 13.2 Å². The van der Waals surface area contributed by atoms with E-state index < -0.39 is 17.7 Å². The fourth-order valence-corrected chi connectivity index (χ4v) is 2.35. The van der Waals surface area contributed by atoms with E-state index in [9.17, 15) is 18.0 Å². The molecule has 0 spiro atoms. The van der Waals surface area contributed by atoms with E-state index in [4.69, 9.17) is 16.3 Å². The number of alkyl halides is 3. The number of halogens is 4. The molecule has 2 rings (SSSR count). The Balaban J connectivity index is 2.63. The van der Waals surface area contributed by atoms with E-state index in [2.05, 4.69) is 0 Å². The third kappa shape index (κ3) is 2.56. The predicted molar refractivity (Wildman–Crippen MR) is 63.9 cm³/mol. The highest BCUT2D eigenvalue weighted by Gasteiger charge is 2.57. The summed E-state index contributed by atoms with van der Waals surface area (Å²) in [7, 11) is 0.